The maximum Gasteiger partial charge on any atom is 0.178 e. The second-order valence-corrected chi connectivity index (χ2v) is 21.1. The van der Waals surface area contributed by atoms with Gasteiger partial charge in [0.1, 0.15) is 0 Å². The van der Waals surface area contributed by atoms with Gasteiger partial charge in [0.2, 0.25) is 0 Å². The molecule has 0 aromatic rings. The Morgan fingerprint density at radius 1 is 0.608 bits per heavy atom. The molecule has 0 aromatic heterocycles. The number of epoxide rings is 2. The number of halogens is 3. The van der Waals surface area contributed by atoms with Crippen LogP contribution in [0.15, 0.2) is 0 Å². The van der Waals surface area contributed by atoms with Crippen molar-refractivity contribution in [1.82, 2.24) is 0 Å². The summed E-state index contributed by atoms with van der Waals surface area (Å²) in [6, 6.07) is 0. The molecular weight excluding hydrogens is 840 g/mol. The van der Waals surface area contributed by atoms with Crippen LogP contribution in [0.3, 0.4) is 0 Å². The summed E-state index contributed by atoms with van der Waals surface area (Å²) in [6.07, 6.45) is 19.0. The van der Waals surface area contributed by atoms with Crippen molar-refractivity contribution in [3.8, 4) is 0 Å². The van der Waals surface area contributed by atoms with Crippen LogP contribution in [0.1, 0.15) is 137 Å². The number of carbonyl (C=O) groups excluding carboxylic acids is 2. The van der Waals surface area contributed by atoms with Crippen LogP contribution in [0, 0.1) is 70.0 Å². The van der Waals surface area contributed by atoms with Crippen molar-refractivity contribution in [2.75, 3.05) is 5.33 Å². The van der Waals surface area contributed by atoms with Gasteiger partial charge in [-0.2, -0.15) is 0 Å². The van der Waals surface area contributed by atoms with E-state index < -0.39 is 22.4 Å². The molecule has 0 unspecified atom stereocenters. The van der Waals surface area contributed by atoms with Crippen molar-refractivity contribution in [3.63, 3.8) is 0 Å². The topological polar surface area (TPSA) is 99.7 Å². The molecule has 8 aliphatic carbocycles. The first-order chi connectivity index (χ1) is 24.1. The number of ketones is 2. The fraction of sp³-hybridized carbons (Fsp3) is 0.952. The molecule has 0 spiro atoms. The van der Waals surface area contributed by atoms with Crippen molar-refractivity contribution < 1.29 is 29.3 Å². The highest BCUT2D eigenvalue weighted by molar-refractivity contribution is 9.93. The van der Waals surface area contributed by atoms with Crippen LogP contribution in [0.2, 0.25) is 0 Å². The highest BCUT2D eigenvalue weighted by atomic mass is 80.9. The first-order valence-electron chi connectivity index (χ1n) is 20.7. The predicted octanol–water partition coefficient (Wildman–Crippen LogP) is 9.52. The molecule has 10 aliphatic rings. The van der Waals surface area contributed by atoms with E-state index in [1.165, 1.54) is 51.4 Å². The standard InChI is InChI=1S/C21H31BrO3.C21H32O3.Br2/c1-19(24)7-5-13-12(10-19)3-4-15-14(13)6-8-20(2)16(15)9-18-21(20,25-18)17(23)11-22;1-12(22)21-18(24-21)10-17-16-5-4-13-11-19(2,23)8-6-14(13)15(16)7-9-20(17,21)3;1-2/h12-16,18,24H,3-11H2,1-2H3;13-18,23H,4-11H2,1-3H3;/t12-,13+,14-,15-,16+,18-,19-,20+,21-;13-,14+,15-,16-,17+,18-,19-,20+,21-;/m11./s1. The van der Waals surface area contributed by atoms with Gasteiger partial charge in [0.15, 0.2) is 22.8 Å². The lowest BCUT2D eigenvalue weighted by atomic mass is 9.48. The third kappa shape index (κ3) is 5.57. The van der Waals surface area contributed by atoms with Crippen LogP contribution < -0.4 is 0 Å². The van der Waals surface area contributed by atoms with E-state index in [-0.39, 0.29) is 34.6 Å². The average Bonchev–Trinajstić information content (AvgIpc) is 3.98. The van der Waals surface area contributed by atoms with Gasteiger partial charge < -0.3 is 19.7 Å². The number of fused-ring (bicyclic) bond motifs is 14. The summed E-state index contributed by atoms with van der Waals surface area (Å²) in [4.78, 5) is 25.1. The van der Waals surface area contributed by atoms with Gasteiger partial charge in [0.05, 0.1) is 28.7 Å². The van der Waals surface area contributed by atoms with E-state index >= 15 is 0 Å². The Kier molecular flexibility index (Phi) is 9.87. The van der Waals surface area contributed by atoms with E-state index in [0.29, 0.717) is 17.2 Å². The van der Waals surface area contributed by atoms with E-state index in [9.17, 15) is 19.8 Å². The minimum atomic E-state index is -0.459. The molecule has 2 aliphatic heterocycles. The second-order valence-electron chi connectivity index (χ2n) is 20.5. The zero-order valence-corrected chi connectivity index (χ0v) is 36.4. The van der Waals surface area contributed by atoms with Gasteiger partial charge in [-0.3, -0.25) is 9.59 Å². The summed E-state index contributed by atoms with van der Waals surface area (Å²) in [5.41, 5.74) is -1.62. The molecule has 0 bridgehead atoms. The van der Waals surface area contributed by atoms with Crippen LogP contribution in [0.25, 0.3) is 0 Å². The molecule has 9 heteroatoms. The average molecular weight is 904 g/mol. The van der Waals surface area contributed by atoms with E-state index in [1.807, 2.05) is 13.8 Å². The van der Waals surface area contributed by atoms with Crippen molar-refractivity contribution in [2.45, 2.75) is 172 Å². The summed E-state index contributed by atoms with van der Waals surface area (Å²) in [7, 11) is 0. The van der Waals surface area contributed by atoms with Crippen LogP contribution in [-0.4, -0.2) is 61.7 Å². The fourth-order valence-corrected chi connectivity index (χ4v) is 16.7. The number of hydrogen-bond donors (Lipinski definition) is 2. The quantitative estimate of drug-likeness (QED) is 0.216. The molecule has 51 heavy (non-hydrogen) atoms. The molecule has 10 fully saturated rings. The fourth-order valence-electron chi connectivity index (χ4n) is 16.2. The molecule has 0 amide bonds. The minimum absolute atomic E-state index is 0.0523. The van der Waals surface area contributed by atoms with Gasteiger partial charge in [-0.15, -0.1) is 0 Å². The van der Waals surface area contributed by atoms with Gasteiger partial charge >= 0.3 is 0 Å². The van der Waals surface area contributed by atoms with Crippen molar-refractivity contribution in [3.05, 3.63) is 0 Å². The summed E-state index contributed by atoms with van der Waals surface area (Å²) in [6.45, 7) is 10.5. The van der Waals surface area contributed by atoms with E-state index in [1.54, 1.807) is 6.92 Å². The largest absolute Gasteiger partial charge is 0.390 e. The Morgan fingerprint density at radius 3 is 1.47 bits per heavy atom. The molecule has 288 valence electrons. The minimum Gasteiger partial charge on any atom is -0.390 e. The Bertz CT molecular complexity index is 1400. The first-order valence-corrected chi connectivity index (χ1v) is 25.5. The van der Waals surface area contributed by atoms with Gasteiger partial charge in [0, 0.05) is 39.1 Å². The number of alkyl halides is 1. The van der Waals surface area contributed by atoms with Gasteiger partial charge in [-0.1, -0.05) is 29.8 Å². The van der Waals surface area contributed by atoms with E-state index in [2.05, 4.69) is 58.0 Å². The summed E-state index contributed by atoms with van der Waals surface area (Å²) >= 11 is 8.90. The third-order valence-corrected chi connectivity index (χ3v) is 18.9. The Morgan fingerprint density at radius 2 is 1.02 bits per heavy atom. The maximum absolute atomic E-state index is 12.7. The van der Waals surface area contributed by atoms with Crippen LogP contribution in [0.4, 0.5) is 0 Å². The number of ether oxygens (including phenoxy) is 2. The lowest BCUT2D eigenvalue weighted by Crippen LogP contribution is -2.54. The highest BCUT2D eigenvalue weighted by Gasteiger charge is 2.80. The maximum atomic E-state index is 12.7. The monoisotopic (exact) mass is 900 g/mol. The molecule has 0 radical (unpaired) electrons. The van der Waals surface area contributed by atoms with Gasteiger partial charge in [-0.05, 0) is 183 Å². The normalized spacial score (nSPS) is 58.1. The molecule has 8 saturated carbocycles. The molecule has 2 heterocycles. The summed E-state index contributed by atoms with van der Waals surface area (Å²) in [5, 5.41) is 21.4. The van der Waals surface area contributed by atoms with Crippen molar-refractivity contribution in [1.29, 1.82) is 0 Å². The van der Waals surface area contributed by atoms with Crippen LogP contribution in [0.5, 0.6) is 0 Å². The highest BCUT2D eigenvalue weighted by Crippen LogP contribution is 2.74. The molecular formula is C42H63Br3O6. The molecule has 10 rings (SSSR count). The second kappa shape index (κ2) is 13.1. The molecule has 2 saturated heterocycles. The Balaban J connectivity index is 0.000000140. The summed E-state index contributed by atoms with van der Waals surface area (Å²) < 4.78 is 12.1. The lowest BCUT2D eigenvalue weighted by molar-refractivity contribution is -0.140. The van der Waals surface area contributed by atoms with Crippen molar-refractivity contribution in [2.24, 2.45) is 70.0 Å². The zero-order chi connectivity index (χ0) is 36.5. The Labute approximate surface area is 330 Å². The number of rotatable bonds is 3. The first kappa shape index (κ1) is 38.5. The summed E-state index contributed by atoms with van der Waals surface area (Å²) in [5.74, 6) is 8.21. The van der Waals surface area contributed by atoms with Gasteiger partial charge in [0.25, 0.3) is 0 Å². The molecule has 18 atom stereocenters. The Hall–Kier alpha value is 0.620. The number of aliphatic hydroxyl groups is 2. The van der Waals surface area contributed by atoms with Crippen LogP contribution >= 0.6 is 44.2 Å². The lowest BCUT2D eigenvalue weighted by Gasteiger charge is -2.57. The smallest absolute Gasteiger partial charge is 0.178 e. The SMILES string of the molecule is BrBr.CC(=O)[C@@]12O[C@@H]1C[C@H]1[C@@H]3CC[C@@H]4C[C@](C)(O)CC[C@@H]4[C@H]3CC[C@@]12C.C[C@@]1(O)CC[C@H]2[C@H](CC[C@@H]3[C@@H]2CC[C@@]2(C)[C@H]3C[C@H]3O[C@]32C(=O)CBr)C1. The predicted molar refractivity (Wildman–Crippen MR) is 209 cm³/mol. The molecule has 6 nitrogen and oxygen atoms in total. The molecule has 0 aromatic carbocycles. The van der Waals surface area contributed by atoms with Gasteiger partial charge in [-0.25, -0.2) is 0 Å². The molecule has 2 N–H and O–H groups in total. The van der Waals surface area contributed by atoms with E-state index in [4.69, 9.17) is 9.47 Å². The van der Waals surface area contributed by atoms with E-state index in [0.717, 1.165) is 98.7 Å². The third-order valence-electron chi connectivity index (χ3n) is 18.4. The van der Waals surface area contributed by atoms with Crippen LogP contribution in [-0.2, 0) is 19.1 Å². The number of Topliss-reactive ketones (excluding diaryl/α,β-unsaturated/α-hetero) is 2. The van der Waals surface area contributed by atoms with Crippen molar-refractivity contribution >= 4 is 55.8 Å². The zero-order valence-electron chi connectivity index (χ0n) is 31.6. The number of carbonyl (C=O) groups is 2. The number of hydrogen-bond acceptors (Lipinski definition) is 6.